The van der Waals surface area contributed by atoms with Gasteiger partial charge in [-0.15, -0.1) is 0 Å². The van der Waals surface area contributed by atoms with Crippen molar-refractivity contribution in [2.45, 2.75) is 0 Å². The maximum atomic E-state index is 10.7. The molecule has 0 aliphatic rings. The average molecular weight is 166 g/mol. The Balaban J connectivity index is 2.92. The highest BCUT2D eigenvalue weighted by molar-refractivity contribution is 5.78. The van der Waals surface area contributed by atoms with Gasteiger partial charge in [-0.3, -0.25) is 0 Å². The minimum atomic E-state index is -0.366. The normalized spacial score (nSPS) is 10.7. The molecule has 5 heteroatoms. The van der Waals surface area contributed by atoms with Crippen LogP contribution in [0.4, 0.5) is 0 Å². The van der Waals surface area contributed by atoms with E-state index in [0.29, 0.717) is 11.0 Å². The number of aromatic nitrogens is 2. The van der Waals surface area contributed by atoms with E-state index in [0.717, 1.165) is 0 Å². The summed E-state index contributed by atoms with van der Waals surface area (Å²) in [6.45, 7) is 0. The molecule has 0 saturated heterocycles. The van der Waals surface area contributed by atoms with Crippen LogP contribution in [0.1, 0.15) is 0 Å². The number of hydrogen-bond donors (Lipinski definition) is 4. The largest absolute Gasteiger partial charge is 0.504 e. The first kappa shape index (κ1) is 6.78. The number of H-pyrrole nitrogens is 2. The van der Waals surface area contributed by atoms with E-state index in [1.165, 1.54) is 12.1 Å². The van der Waals surface area contributed by atoms with E-state index in [4.69, 9.17) is 10.2 Å². The monoisotopic (exact) mass is 166 g/mol. The molecule has 12 heavy (non-hydrogen) atoms. The Labute approximate surface area is 66.3 Å². The summed E-state index contributed by atoms with van der Waals surface area (Å²) < 4.78 is 0. The Kier molecular flexibility index (Phi) is 1.15. The zero-order valence-corrected chi connectivity index (χ0v) is 5.96. The van der Waals surface area contributed by atoms with Crippen LogP contribution in [0.5, 0.6) is 11.5 Å². The fourth-order valence-corrected chi connectivity index (χ4v) is 1.06. The summed E-state index contributed by atoms with van der Waals surface area (Å²) in [5.41, 5.74) is 0.570. The molecule has 0 atom stereocenters. The summed E-state index contributed by atoms with van der Waals surface area (Å²) in [5, 5.41) is 18.1. The summed E-state index contributed by atoms with van der Waals surface area (Å²) in [5.74, 6) is -0.504. The second-order valence-electron chi connectivity index (χ2n) is 2.47. The molecule has 4 N–H and O–H groups in total. The summed E-state index contributed by atoms with van der Waals surface area (Å²) in [6, 6.07) is 2.56. The number of aromatic amines is 2. The van der Waals surface area contributed by atoms with Crippen LogP contribution in [0.15, 0.2) is 16.9 Å². The lowest BCUT2D eigenvalue weighted by Gasteiger charge is -1.95. The van der Waals surface area contributed by atoms with Crippen LogP contribution < -0.4 is 5.69 Å². The first-order chi connectivity index (χ1) is 5.66. The van der Waals surface area contributed by atoms with Gasteiger partial charge in [-0.2, -0.15) is 0 Å². The van der Waals surface area contributed by atoms with Crippen LogP contribution in [-0.2, 0) is 0 Å². The second kappa shape index (κ2) is 2.04. The van der Waals surface area contributed by atoms with Gasteiger partial charge in [-0.1, -0.05) is 0 Å². The number of aromatic hydroxyl groups is 2. The van der Waals surface area contributed by atoms with Gasteiger partial charge in [0.2, 0.25) is 0 Å². The molecule has 0 spiro atoms. The van der Waals surface area contributed by atoms with E-state index in [1.807, 2.05) is 0 Å². The lowest BCUT2D eigenvalue weighted by molar-refractivity contribution is 0.405. The van der Waals surface area contributed by atoms with Gasteiger partial charge in [-0.25, -0.2) is 4.79 Å². The van der Waals surface area contributed by atoms with Crippen LogP contribution in [0.25, 0.3) is 11.0 Å². The third kappa shape index (κ3) is 0.833. The Bertz CT molecular complexity index is 441. The van der Waals surface area contributed by atoms with Crippen molar-refractivity contribution in [2.24, 2.45) is 0 Å². The van der Waals surface area contributed by atoms with Crippen molar-refractivity contribution < 1.29 is 10.2 Å². The predicted octanol–water partition coefficient (Wildman–Crippen LogP) is 0.267. The molecular weight excluding hydrogens is 160 g/mol. The third-order valence-electron chi connectivity index (χ3n) is 1.61. The lowest BCUT2D eigenvalue weighted by Crippen LogP contribution is -1.99. The smallest absolute Gasteiger partial charge is 0.323 e. The second-order valence-corrected chi connectivity index (χ2v) is 2.47. The van der Waals surface area contributed by atoms with Crippen molar-refractivity contribution in [1.29, 1.82) is 0 Å². The lowest BCUT2D eigenvalue weighted by atomic mass is 10.3. The third-order valence-corrected chi connectivity index (χ3v) is 1.61. The van der Waals surface area contributed by atoms with Crippen LogP contribution in [-0.4, -0.2) is 20.2 Å². The van der Waals surface area contributed by atoms with Crippen molar-refractivity contribution in [3.05, 3.63) is 22.6 Å². The van der Waals surface area contributed by atoms with Crippen molar-refractivity contribution in [1.82, 2.24) is 9.97 Å². The Morgan fingerprint density at radius 1 is 1.00 bits per heavy atom. The number of benzene rings is 1. The highest BCUT2D eigenvalue weighted by Crippen LogP contribution is 2.27. The average Bonchev–Trinajstić information content (AvgIpc) is 2.30. The van der Waals surface area contributed by atoms with Gasteiger partial charge in [0, 0.05) is 12.1 Å². The highest BCUT2D eigenvalue weighted by atomic mass is 16.3. The number of imidazole rings is 1. The van der Waals surface area contributed by atoms with E-state index < -0.39 is 0 Å². The summed E-state index contributed by atoms with van der Waals surface area (Å²) in [7, 11) is 0. The van der Waals surface area contributed by atoms with Gasteiger partial charge < -0.3 is 20.2 Å². The molecule has 0 bridgehead atoms. The first-order valence-electron chi connectivity index (χ1n) is 3.31. The SMILES string of the molecule is O=c1[nH]c2cc(O)c(O)cc2[nH]1. The van der Waals surface area contributed by atoms with Gasteiger partial charge in [0.1, 0.15) is 0 Å². The highest BCUT2D eigenvalue weighted by Gasteiger charge is 2.03. The number of hydrogen-bond acceptors (Lipinski definition) is 3. The quantitative estimate of drug-likeness (QED) is 0.423. The van der Waals surface area contributed by atoms with Gasteiger partial charge in [0.05, 0.1) is 11.0 Å². The number of rotatable bonds is 0. The molecule has 0 saturated carbocycles. The molecule has 0 amide bonds. The van der Waals surface area contributed by atoms with Gasteiger partial charge >= 0.3 is 5.69 Å². The zero-order valence-electron chi connectivity index (χ0n) is 5.96. The van der Waals surface area contributed by atoms with E-state index >= 15 is 0 Å². The molecule has 0 radical (unpaired) electrons. The number of nitrogens with one attached hydrogen (secondary N) is 2. The van der Waals surface area contributed by atoms with Gasteiger partial charge in [-0.05, 0) is 0 Å². The van der Waals surface area contributed by atoms with E-state index in [2.05, 4.69) is 9.97 Å². The molecule has 2 aromatic rings. The van der Waals surface area contributed by atoms with Gasteiger partial charge in [0.15, 0.2) is 11.5 Å². The standard InChI is InChI=1S/C7H6N2O3/c10-5-1-3-4(2-6(5)11)9-7(12)8-3/h1-2,10-11H,(H2,8,9,12). The molecule has 62 valence electrons. The maximum absolute atomic E-state index is 10.7. The zero-order chi connectivity index (χ0) is 8.72. The molecule has 1 aromatic carbocycles. The van der Waals surface area contributed by atoms with Gasteiger partial charge in [0.25, 0.3) is 0 Å². The summed E-state index contributed by atoms with van der Waals surface area (Å²) in [4.78, 5) is 15.6. The fraction of sp³-hybridized carbons (Fsp3) is 0. The van der Waals surface area contributed by atoms with Crippen LogP contribution in [0.2, 0.25) is 0 Å². The van der Waals surface area contributed by atoms with Crippen LogP contribution in [0, 0.1) is 0 Å². The number of fused-ring (bicyclic) bond motifs is 1. The molecule has 1 aromatic heterocycles. The molecular formula is C7H6N2O3. The van der Waals surface area contributed by atoms with E-state index in [9.17, 15) is 4.79 Å². The van der Waals surface area contributed by atoms with Crippen LogP contribution in [0.3, 0.4) is 0 Å². The Hall–Kier alpha value is -1.91. The Morgan fingerprint density at radius 3 is 1.83 bits per heavy atom. The number of phenols is 2. The molecule has 0 fully saturated rings. The van der Waals surface area contributed by atoms with Crippen molar-refractivity contribution in [3.63, 3.8) is 0 Å². The molecule has 1 heterocycles. The summed E-state index contributed by atoms with van der Waals surface area (Å²) in [6.07, 6.45) is 0. The molecule has 0 unspecified atom stereocenters. The van der Waals surface area contributed by atoms with E-state index in [-0.39, 0.29) is 17.2 Å². The molecule has 2 rings (SSSR count). The molecule has 0 aliphatic heterocycles. The first-order valence-corrected chi connectivity index (χ1v) is 3.31. The van der Waals surface area contributed by atoms with Crippen molar-refractivity contribution in [3.8, 4) is 11.5 Å². The minimum Gasteiger partial charge on any atom is -0.504 e. The topological polar surface area (TPSA) is 89.1 Å². The summed E-state index contributed by atoms with van der Waals surface area (Å²) >= 11 is 0. The molecule has 5 nitrogen and oxygen atoms in total. The Morgan fingerprint density at radius 2 is 1.42 bits per heavy atom. The minimum absolute atomic E-state index is 0.252. The van der Waals surface area contributed by atoms with Crippen molar-refractivity contribution >= 4 is 11.0 Å². The van der Waals surface area contributed by atoms with E-state index in [1.54, 1.807) is 0 Å². The maximum Gasteiger partial charge on any atom is 0.323 e. The fourth-order valence-electron chi connectivity index (χ4n) is 1.06. The number of phenolic OH excluding ortho intramolecular Hbond substituents is 2. The molecule has 0 aliphatic carbocycles. The van der Waals surface area contributed by atoms with Crippen molar-refractivity contribution in [2.75, 3.05) is 0 Å². The predicted molar refractivity (Wildman–Crippen MR) is 42.2 cm³/mol. The van der Waals surface area contributed by atoms with Crippen LogP contribution >= 0.6 is 0 Å².